The summed E-state index contributed by atoms with van der Waals surface area (Å²) in [6.45, 7) is 4.02. The number of aromatic nitrogens is 4. The van der Waals surface area contributed by atoms with Crippen molar-refractivity contribution >= 4 is 39.9 Å². The van der Waals surface area contributed by atoms with Gasteiger partial charge in [-0.2, -0.15) is 22.5 Å². The van der Waals surface area contributed by atoms with Crippen molar-refractivity contribution in [1.29, 1.82) is 0 Å². The van der Waals surface area contributed by atoms with Crippen molar-refractivity contribution in [2.45, 2.75) is 36.2 Å². The monoisotopic (exact) mass is 516 g/mol. The van der Waals surface area contributed by atoms with E-state index in [0.29, 0.717) is 29.5 Å². The molecule has 1 aromatic carbocycles. The minimum atomic E-state index is -4.30. The number of pyridine rings is 1. The molecule has 1 saturated carbocycles. The van der Waals surface area contributed by atoms with Crippen molar-refractivity contribution < 1.29 is 13.2 Å². The lowest BCUT2D eigenvalue weighted by Crippen LogP contribution is -2.48. The lowest BCUT2D eigenvalue weighted by Gasteiger charge is -2.38. The highest BCUT2D eigenvalue weighted by Crippen LogP contribution is 2.41. The van der Waals surface area contributed by atoms with Gasteiger partial charge in [0.1, 0.15) is 5.00 Å². The van der Waals surface area contributed by atoms with E-state index < -0.39 is 5.51 Å². The molecule has 1 N–H and O–H groups in total. The molecule has 1 aliphatic heterocycles. The SMILES string of the molecule is Cc1cc(N2C[C@H]3CC[C@@H](C2)C3Nc2nc3c(-c4ccc(SC(F)(F)F)cc4)cccn3n2)sn1. The molecule has 2 bridgehead atoms. The van der Waals surface area contributed by atoms with Crippen LogP contribution in [0.3, 0.4) is 0 Å². The van der Waals surface area contributed by atoms with Gasteiger partial charge in [-0.3, -0.25) is 0 Å². The quantitative estimate of drug-likeness (QED) is 0.324. The Kier molecular flexibility index (Phi) is 5.63. The predicted molar refractivity (Wildman–Crippen MR) is 133 cm³/mol. The number of benzene rings is 1. The van der Waals surface area contributed by atoms with Crippen molar-refractivity contribution in [1.82, 2.24) is 19.0 Å². The van der Waals surface area contributed by atoms with Gasteiger partial charge in [0.2, 0.25) is 5.95 Å². The first-order chi connectivity index (χ1) is 16.8. The maximum atomic E-state index is 12.7. The third-order valence-corrected chi connectivity index (χ3v) is 8.50. The van der Waals surface area contributed by atoms with E-state index >= 15 is 0 Å². The molecule has 2 aliphatic rings. The van der Waals surface area contributed by atoms with E-state index in [2.05, 4.69) is 25.8 Å². The number of aryl methyl sites for hydroxylation is 1. The van der Waals surface area contributed by atoms with Crippen LogP contribution in [-0.2, 0) is 0 Å². The van der Waals surface area contributed by atoms with Crippen molar-refractivity contribution in [2.24, 2.45) is 11.8 Å². The van der Waals surface area contributed by atoms with Gasteiger partial charge in [0.15, 0.2) is 5.65 Å². The van der Waals surface area contributed by atoms with E-state index in [1.54, 1.807) is 28.2 Å². The molecule has 4 aromatic rings. The van der Waals surface area contributed by atoms with E-state index in [0.717, 1.165) is 29.9 Å². The van der Waals surface area contributed by atoms with Crippen LogP contribution in [0.5, 0.6) is 0 Å². The Balaban J connectivity index is 1.21. The standard InChI is InChI=1S/C24H23F3N6S2/c1-14-11-20(35-31-14)32-12-16-4-5-17(13-32)21(16)28-23-29-22-19(3-2-10-33(22)30-23)15-6-8-18(9-7-15)34-24(25,26)27/h2-3,6-11,16-17,21H,4-5,12-13H2,1H3,(H,28,30)/t16-,17+,21?. The number of thioether (sulfide) groups is 1. The summed E-state index contributed by atoms with van der Waals surface area (Å²) in [5, 5.41) is 9.51. The Morgan fingerprint density at radius 2 is 1.83 bits per heavy atom. The summed E-state index contributed by atoms with van der Waals surface area (Å²) in [6.07, 6.45) is 4.20. The van der Waals surface area contributed by atoms with E-state index in [9.17, 15) is 13.2 Å². The summed E-state index contributed by atoms with van der Waals surface area (Å²) in [6, 6.07) is 12.6. The number of rotatable bonds is 5. The molecular formula is C24H23F3N6S2. The molecule has 0 amide bonds. The van der Waals surface area contributed by atoms with Crippen LogP contribution in [0, 0.1) is 18.8 Å². The Morgan fingerprint density at radius 1 is 1.09 bits per heavy atom. The van der Waals surface area contributed by atoms with E-state index in [1.807, 2.05) is 25.3 Å². The van der Waals surface area contributed by atoms with Crippen LogP contribution >= 0.6 is 23.3 Å². The fourth-order valence-electron chi connectivity index (χ4n) is 5.32. The number of halogens is 3. The Hall–Kier alpha value is -2.79. The summed E-state index contributed by atoms with van der Waals surface area (Å²) < 4.78 is 44.2. The highest BCUT2D eigenvalue weighted by molar-refractivity contribution is 8.00. The van der Waals surface area contributed by atoms with Crippen molar-refractivity contribution in [3.05, 3.63) is 54.4 Å². The van der Waals surface area contributed by atoms with Gasteiger partial charge in [0, 0.05) is 35.8 Å². The largest absolute Gasteiger partial charge is 0.446 e. The molecule has 1 aliphatic carbocycles. The van der Waals surface area contributed by atoms with Crippen molar-refractivity contribution in [2.75, 3.05) is 23.3 Å². The molecule has 4 heterocycles. The van der Waals surface area contributed by atoms with E-state index in [1.165, 1.54) is 30.0 Å². The smallest absolute Gasteiger partial charge is 0.361 e. The lowest BCUT2D eigenvalue weighted by molar-refractivity contribution is -0.0328. The average Bonchev–Trinajstić information content (AvgIpc) is 3.48. The molecular weight excluding hydrogens is 493 g/mol. The maximum absolute atomic E-state index is 12.7. The molecule has 3 aromatic heterocycles. The fourth-order valence-corrected chi connectivity index (χ4v) is 6.63. The molecule has 2 fully saturated rings. The maximum Gasteiger partial charge on any atom is 0.446 e. The normalized spacial score (nSPS) is 22.2. The number of alkyl halides is 3. The molecule has 1 unspecified atom stereocenters. The number of fused-ring (bicyclic) bond motifs is 3. The van der Waals surface area contributed by atoms with Crippen molar-refractivity contribution in [3.63, 3.8) is 0 Å². The molecule has 11 heteroatoms. The lowest BCUT2D eigenvalue weighted by atomic mass is 9.92. The number of nitrogens with one attached hydrogen (secondary N) is 1. The molecule has 3 atom stereocenters. The van der Waals surface area contributed by atoms with E-state index in [-0.39, 0.29) is 16.7 Å². The zero-order valence-electron chi connectivity index (χ0n) is 18.9. The zero-order valence-corrected chi connectivity index (χ0v) is 20.5. The summed E-state index contributed by atoms with van der Waals surface area (Å²) in [5.74, 6) is 1.62. The minimum Gasteiger partial charge on any atom is -0.361 e. The molecule has 6 nitrogen and oxygen atoms in total. The number of anilines is 2. The van der Waals surface area contributed by atoms with Gasteiger partial charge in [-0.15, -0.1) is 5.10 Å². The summed E-state index contributed by atoms with van der Waals surface area (Å²) in [7, 11) is 0. The van der Waals surface area contributed by atoms with Crippen LogP contribution in [0.1, 0.15) is 18.5 Å². The van der Waals surface area contributed by atoms with E-state index in [4.69, 9.17) is 4.98 Å². The fraction of sp³-hybridized carbons (Fsp3) is 0.375. The highest BCUT2D eigenvalue weighted by atomic mass is 32.2. The molecule has 1 saturated heterocycles. The molecule has 35 heavy (non-hydrogen) atoms. The predicted octanol–water partition coefficient (Wildman–Crippen LogP) is 6.10. The second-order valence-electron chi connectivity index (χ2n) is 9.18. The summed E-state index contributed by atoms with van der Waals surface area (Å²) >= 11 is 1.46. The van der Waals surface area contributed by atoms with Gasteiger partial charge in [-0.1, -0.05) is 12.1 Å². The number of piperidine rings is 1. The molecule has 182 valence electrons. The van der Waals surface area contributed by atoms with Gasteiger partial charge in [0.05, 0.1) is 5.69 Å². The average molecular weight is 517 g/mol. The Bertz CT molecular complexity index is 1340. The van der Waals surface area contributed by atoms with Crippen LogP contribution in [-0.4, -0.2) is 43.6 Å². The molecule has 6 rings (SSSR count). The third-order valence-electron chi connectivity index (χ3n) is 6.82. The van der Waals surface area contributed by atoms with Crippen molar-refractivity contribution in [3.8, 4) is 11.1 Å². The van der Waals surface area contributed by atoms with Gasteiger partial charge in [-0.25, -0.2) is 4.52 Å². The second-order valence-corrected chi connectivity index (χ2v) is 11.1. The second kappa shape index (κ2) is 8.70. The topological polar surface area (TPSA) is 58.4 Å². The summed E-state index contributed by atoms with van der Waals surface area (Å²) in [5.41, 5.74) is -0.930. The first kappa shape index (κ1) is 22.7. The third kappa shape index (κ3) is 4.58. The summed E-state index contributed by atoms with van der Waals surface area (Å²) in [4.78, 5) is 7.40. The number of hydrogen-bond donors (Lipinski definition) is 1. The zero-order chi connectivity index (χ0) is 24.2. The van der Waals surface area contributed by atoms with Gasteiger partial charge in [0.25, 0.3) is 0 Å². The van der Waals surface area contributed by atoms with Crippen LogP contribution in [0.25, 0.3) is 16.8 Å². The number of nitrogens with zero attached hydrogens (tertiary/aromatic N) is 5. The van der Waals surface area contributed by atoms with Gasteiger partial charge in [-0.05, 0) is 90.8 Å². The minimum absolute atomic E-state index is 0.112. The highest BCUT2D eigenvalue weighted by Gasteiger charge is 2.43. The van der Waals surface area contributed by atoms with Crippen LogP contribution < -0.4 is 10.2 Å². The van der Waals surface area contributed by atoms with Gasteiger partial charge >= 0.3 is 5.51 Å². The first-order valence-corrected chi connectivity index (χ1v) is 13.1. The number of hydrogen-bond acceptors (Lipinski definition) is 7. The Morgan fingerprint density at radius 3 is 2.49 bits per heavy atom. The van der Waals surface area contributed by atoms with Crippen LogP contribution in [0.2, 0.25) is 0 Å². The Labute approximate surface area is 208 Å². The van der Waals surface area contributed by atoms with Crippen LogP contribution in [0.15, 0.2) is 53.6 Å². The first-order valence-electron chi connectivity index (χ1n) is 11.5. The van der Waals surface area contributed by atoms with Crippen LogP contribution in [0.4, 0.5) is 24.1 Å². The van der Waals surface area contributed by atoms with Gasteiger partial charge < -0.3 is 10.2 Å². The molecule has 0 spiro atoms. The molecule has 0 radical (unpaired) electrons.